The maximum atomic E-state index is 12.7. The Labute approximate surface area is 174 Å². The molecule has 2 heterocycles. The minimum absolute atomic E-state index is 0.183. The molecule has 0 saturated heterocycles. The second-order valence-electron chi connectivity index (χ2n) is 8.12. The third-order valence-electron chi connectivity index (χ3n) is 5.40. The Bertz CT molecular complexity index is 1180. The molecule has 160 valence electrons. The van der Waals surface area contributed by atoms with Crippen molar-refractivity contribution >= 4 is 33.8 Å². The molecule has 1 N–H and O–H groups in total. The van der Waals surface area contributed by atoms with E-state index in [0.717, 1.165) is 21.9 Å². The van der Waals surface area contributed by atoms with Crippen LogP contribution in [0.15, 0.2) is 26.0 Å². The summed E-state index contributed by atoms with van der Waals surface area (Å²) in [4.78, 5) is 37.3. The normalized spacial score (nSPS) is 12.5. The molecule has 2 aromatic heterocycles. The summed E-state index contributed by atoms with van der Waals surface area (Å²) in [5.74, 6) is -0.753. The average molecular weight is 413 g/mol. The van der Waals surface area contributed by atoms with E-state index in [1.807, 2.05) is 33.8 Å². The topological polar surface area (TPSA) is 98.8 Å². The molecule has 0 aliphatic carbocycles. The Kier molecular flexibility index (Phi) is 6.01. The number of rotatable bonds is 6. The molecule has 1 atom stereocenters. The number of amides is 1. The Hall–Kier alpha value is -3.09. The minimum atomic E-state index is -0.759. The number of hydrogen-bond donors (Lipinski definition) is 1. The Morgan fingerprint density at radius 3 is 2.43 bits per heavy atom. The summed E-state index contributed by atoms with van der Waals surface area (Å²) in [5, 5.41) is 4.39. The van der Waals surface area contributed by atoms with Crippen molar-refractivity contribution in [1.82, 2.24) is 5.32 Å². The van der Waals surface area contributed by atoms with Crippen LogP contribution in [0.3, 0.4) is 0 Å². The van der Waals surface area contributed by atoms with E-state index >= 15 is 0 Å². The molecule has 1 aromatic carbocycles. The molecule has 1 amide bonds. The van der Waals surface area contributed by atoms with Gasteiger partial charge in [-0.2, -0.15) is 0 Å². The van der Waals surface area contributed by atoms with Crippen molar-refractivity contribution in [3.8, 4) is 0 Å². The zero-order chi connectivity index (χ0) is 22.2. The third kappa shape index (κ3) is 3.97. The molecular formula is C23H27NO6. The molecule has 7 nitrogen and oxygen atoms in total. The maximum absolute atomic E-state index is 12.7. The largest absolute Gasteiger partial charge is 0.467 e. The molecule has 1 unspecified atom stereocenters. The number of nitrogens with one attached hydrogen (secondary N) is 1. The number of fused-ring (bicyclic) bond motifs is 2. The standard InChI is InChI=1S/C23H27NO6/c1-11(2)7-18(23(27)28-6)24-19(25)9-17-13(4)16-8-15-12(3)10-29-20(15)14(5)21(16)30-22(17)26/h8,10-11,18H,7,9H2,1-6H3,(H,24,25). The van der Waals surface area contributed by atoms with Crippen LogP contribution in [-0.2, 0) is 20.7 Å². The molecule has 0 saturated carbocycles. The fraction of sp³-hybridized carbons (Fsp3) is 0.435. The van der Waals surface area contributed by atoms with Gasteiger partial charge in [0, 0.05) is 16.3 Å². The van der Waals surface area contributed by atoms with Crippen molar-refractivity contribution in [2.45, 2.75) is 53.5 Å². The summed E-state index contributed by atoms with van der Waals surface area (Å²) in [6.07, 6.45) is 1.93. The Morgan fingerprint density at radius 2 is 1.80 bits per heavy atom. The smallest absolute Gasteiger partial charge is 0.340 e. The van der Waals surface area contributed by atoms with Gasteiger partial charge in [-0.15, -0.1) is 0 Å². The SMILES string of the molecule is COC(=O)C(CC(C)C)NC(=O)Cc1c(C)c2cc3c(C)coc3c(C)c2oc1=O. The molecule has 0 bridgehead atoms. The number of carbonyl (C=O) groups excluding carboxylic acids is 2. The van der Waals surface area contributed by atoms with Gasteiger partial charge in [0.25, 0.3) is 0 Å². The molecular weight excluding hydrogens is 386 g/mol. The van der Waals surface area contributed by atoms with E-state index in [9.17, 15) is 14.4 Å². The number of aryl methyl sites for hydroxylation is 3. The van der Waals surface area contributed by atoms with E-state index in [-0.39, 0.29) is 17.9 Å². The molecule has 0 radical (unpaired) electrons. The van der Waals surface area contributed by atoms with E-state index in [1.54, 1.807) is 13.2 Å². The first-order valence-corrected chi connectivity index (χ1v) is 9.94. The van der Waals surface area contributed by atoms with Crippen molar-refractivity contribution in [2.24, 2.45) is 5.92 Å². The van der Waals surface area contributed by atoms with E-state index in [1.165, 1.54) is 7.11 Å². The second kappa shape index (κ2) is 8.34. The summed E-state index contributed by atoms with van der Waals surface area (Å²) in [7, 11) is 1.28. The number of furan rings is 1. The number of methoxy groups -OCH3 is 1. The average Bonchev–Trinajstić information content (AvgIpc) is 3.06. The number of carbonyl (C=O) groups is 2. The maximum Gasteiger partial charge on any atom is 0.340 e. The fourth-order valence-electron chi connectivity index (χ4n) is 3.76. The lowest BCUT2D eigenvalue weighted by atomic mass is 9.98. The molecule has 3 rings (SSSR count). The number of ether oxygens (including phenoxy) is 1. The summed E-state index contributed by atoms with van der Waals surface area (Å²) < 4.78 is 16.0. The third-order valence-corrected chi connectivity index (χ3v) is 5.40. The summed E-state index contributed by atoms with van der Waals surface area (Å²) >= 11 is 0. The lowest BCUT2D eigenvalue weighted by Gasteiger charge is -2.18. The van der Waals surface area contributed by atoms with Gasteiger partial charge in [0.2, 0.25) is 5.91 Å². The van der Waals surface area contributed by atoms with Gasteiger partial charge in [-0.1, -0.05) is 13.8 Å². The predicted octanol–water partition coefficient (Wildman–Crippen LogP) is 3.71. The van der Waals surface area contributed by atoms with E-state index in [0.29, 0.717) is 23.2 Å². The number of benzene rings is 1. The first kappa shape index (κ1) is 21.6. The van der Waals surface area contributed by atoms with Gasteiger partial charge in [-0.05, 0) is 50.3 Å². The highest BCUT2D eigenvalue weighted by atomic mass is 16.5. The van der Waals surface area contributed by atoms with Crippen molar-refractivity contribution in [2.75, 3.05) is 7.11 Å². The zero-order valence-corrected chi connectivity index (χ0v) is 18.2. The van der Waals surface area contributed by atoms with Crippen LogP contribution in [0.25, 0.3) is 21.9 Å². The lowest BCUT2D eigenvalue weighted by Crippen LogP contribution is -2.43. The second-order valence-corrected chi connectivity index (χ2v) is 8.12. The van der Waals surface area contributed by atoms with Crippen LogP contribution in [0.4, 0.5) is 0 Å². The minimum Gasteiger partial charge on any atom is -0.467 e. The van der Waals surface area contributed by atoms with Crippen LogP contribution in [-0.4, -0.2) is 25.0 Å². The highest BCUT2D eigenvalue weighted by Crippen LogP contribution is 2.32. The van der Waals surface area contributed by atoms with Crippen molar-refractivity contribution in [3.05, 3.63) is 45.0 Å². The number of esters is 1. The highest BCUT2D eigenvalue weighted by Gasteiger charge is 2.24. The summed E-state index contributed by atoms with van der Waals surface area (Å²) in [6, 6.07) is 1.16. The van der Waals surface area contributed by atoms with Gasteiger partial charge in [-0.3, -0.25) is 4.79 Å². The summed E-state index contributed by atoms with van der Waals surface area (Å²) in [6.45, 7) is 9.49. The highest BCUT2D eigenvalue weighted by molar-refractivity contribution is 6.00. The van der Waals surface area contributed by atoms with Crippen molar-refractivity contribution in [3.63, 3.8) is 0 Å². The van der Waals surface area contributed by atoms with E-state index in [2.05, 4.69) is 5.32 Å². The van der Waals surface area contributed by atoms with E-state index in [4.69, 9.17) is 13.6 Å². The van der Waals surface area contributed by atoms with Gasteiger partial charge in [0.15, 0.2) is 0 Å². The van der Waals surface area contributed by atoms with Gasteiger partial charge >= 0.3 is 11.6 Å². The predicted molar refractivity (Wildman–Crippen MR) is 114 cm³/mol. The summed E-state index contributed by atoms with van der Waals surface area (Å²) in [5.41, 5.74) is 3.25. The van der Waals surface area contributed by atoms with Gasteiger partial charge in [0.1, 0.15) is 17.2 Å². The first-order chi connectivity index (χ1) is 14.1. The van der Waals surface area contributed by atoms with Gasteiger partial charge < -0.3 is 18.9 Å². The fourth-order valence-corrected chi connectivity index (χ4v) is 3.76. The first-order valence-electron chi connectivity index (χ1n) is 9.94. The Morgan fingerprint density at radius 1 is 1.10 bits per heavy atom. The molecule has 7 heteroatoms. The quantitative estimate of drug-likeness (QED) is 0.489. The molecule has 0 aliphatic heterocycles. The van der Waals surface area contributed by atoms with Gasteiger partial charge in [-0.25, -0.2) is 9.59 Å². The zero-order valence-electron chi connectivity index (χ0n) is 18.2. The molecule has 3 aromatic rings. The Balaban J connectivity index is 1.98. The van der Waals surface area contributed by atoms with Crippen molar-refractivity contribution < 1.29 is 23.2 Å². The molecule has 0 spiro atoms. The van der Waals surface area contributed by atoms with Crippen molar-refractivity contribution in [1.29, 1.82) is 0 Å². The van der Waals surface area contributed by atoms with Crippen LogP contribution in [0.5, 0.6) is 0 Å². The van der Waals surface area contributed by atoms with Crippen LogP contribution in [0.2, 0.25) is 0 Å². The number of hydrogen-bond acceptors (Lipinski definition) is 6. The van der Waals surface area contributed by atoms with Crippen LogP contribution >= 0.6 is 0 Å². The molecule has 30 heavy (non-hydrogen) atoms. The van der Waals surface area contributed by atoms with Gasteiger partial charge in [0.05, 0.1) is 25.4 Å². The van der Waals surface area contributed by atoms with Crippen LogP contribution < -0.4 is 10.9 Å². The lowest BCUT2D eigenvalue weighted by molar-refractivity contribution is -0.145. The monoisotopic (exact) mass is 413 g/mol. The van der Waals surface area contributed by atoms with E-state index < -0.39 is 23.5 Å². The van der Waals surface area contributed by atoms with Crippen LogP contribution in [0.1, 0.15) is 42.5 Å². The molecule has 0 fully saturated rings. The van der Waals surface area contributed by atoms with Crippen LogP contribution in [0, 0.1) is 26.7 Å². The molecule has 0 aliphatic rings.